The highest BCUT2D eigenvalue weighted by molar-refractivity contribution is 7.16. The first kappa shape index (κ1) is 25.9. The molecule has 0 amide bonds. The Morgan fingerprint density at radius 3 is 1.77 bits per heavy atom. The molecule has 0 spiro atoms. The van der Waals surface area contributed by atoms with Crippen molar-refractivity contribution in [1.82, 2.24) is 4.98 Å². The molecule has 2 aromatic heterocycles. The highest BCUT2D eigenvalue weighted by Gasteiger charge is 2.06. The Morgan fingerprint density at radius 1 is 0.774 bits per heavy atom. The quantitative estimate of drug-likeness (QED) is 0.206. The van der Waals surface area contributed by atoms with Gasteiger partial charge in [-0.05, 0) is 17.9 Å². The van der Waals surface area contributed by atoms with E-state index in [2.05, 4.69) is 17.2 Å². The van der Waals surface area contributed by atoms with Crippen molar-refractivity contribution in [2.45, 2.75) is 122 Å². The minimum absolute atomic E-state index is 0.299. The normalized spacial score (nSPS) is 11.4. The van der Waals surface area contributed by atoms with Gasteiger partial charge in [0, 0.05) is 6.54 Å². The minimum atomic E-state index is -0.299. The molecule has 0 bridgehead atoms. The van der Waals surface area contributed by atoms with Gasteiger partial charge in [0.05, 0.1) is 5.39 Å². The summed E-state index contributed by atoms with van der Waals surface area (Å²) in [5.41, 5.74) is -0.299. The minimum Gasteiger partial charge on any atom is -0.389 e. The smallest absolute Gasteiger partial charge is 0.349 e. The number of hydrogen-bond acceptors (Lipinski definition) is 5. The van der Waals surface area contributed by atoms with E-state index in [-0.39, 0.29) is 5.63 Å². The molecule has 2 aromatic rings. The molecule has 0 atom stereocenters. The SMILES string of the molecule is CCCCCCCCCCCCCCCCCCCCNc1nc2sccc2c(=O)o1. The van der Waals surface area contributed by atoms with Crippen LogP contribution >= 0.6 is 11.3 Å². The van der Waals surface area contributed by atoms with Gasteiger partial charge >= 0.3 is 5.63 Å². The molecular formula is C26H44N2O2S. The molecule has 0 aromatic carbocycles. The van der Waals surface area contributed by atoms with Gasteiger partial charge in [-0.25, -0.2) is 4.79 Å². The van der Waals surface area contributed by atoms with Crippen LogP contribution in [0.3, 0.4) is 0 Å². The highest BCUT2D eigenvalue weighted by Crippen LogP contribution is 2.17. The van der Waals surface area contributed by atoms with E-state index >= 15 is 0 Å². The fourth-order valence-corrected chi connectivity index (χ4v) is 4.85. The summed E-state index contributed by atoms with van der Waals surface area (Å²) in [5.74, 6) is 0. The van der Waals surface area contributed by atoms with Gasteiger partial charge in [0.2, 0.25) is 0 Å². The lowest BCUT2D eigenvalue weighted by atomic mass is 10.0. The number of fused-ring (bicyclic) bond motifs is 1. The standard InChI is InChI=1S/C26H44N2O2S/c1-2-3-4-5-6-7-8-9-10-11-12-13-14-15-16-17-18-19-21-27-26-28-24-23(20-22-31-24)25(29)30-26/h20,22H,2-19,21H2,1H3,(H,27,28). The van der Waals surface area contributed by atoms with Gasteiger partial charge < -0.3 is 9.73 Å². The maximum Gasteiger partial charge on any atom is 0.349 e. The Bertz CT molecular complexity index is 740. The summed E-state index contributed by atoms with van der Waals surface area (Å²) >= 11 is 1.47. The number of nitrogens with one attached hydrogen (secondary N) is 1. The zero-order valence-corrected chi connectivity index (χ0v) is 20.6. The van der Waals surface area contributed by atoms with Crippen LogP contribution in [0.25, 0.3) is 10.2 Å². The molecule has 0 aliphatic heterocycles. The van der Waals surface area contributed by atoms with Gasteiger partial charge in [0.25, 0.3) is 6.01 Å². The Morgan fingerprint density at radius 2 is 1.26 bits per heavy atom. The molecule has 0 saturated carbocycles. The van der Waals surface area contributed by atoms with Crippen molar-refractivity contribution >= 4 is 27.6 Å². The van der Waals surface area contributed by atoms with Crippen molar-refractivity contribution < 1.29 is 4.42 Å². The van der Waals surface area contributed by atoms with Gasteiger partial charge in [-0.15, -0.1) is 11.3 Å². The third kappa shape index (κ3) is 11.7. The lowest BCUT2D eigenvalue weighted by Gasteiger charge is -2.05. The Hall–Kier alpha value is -1.36. The van der Waals surface area contributed by atoms with Crippen LogP contribution in [0, 0.1) is 0 Å². The Labute approximate surface area is 193 Å². The third-order valence-corrected chi connectivity index (χ3v) is 6.87. The molecule has 5 heteroatoms. The van der Waals surface area contributed by atoms with Crippen LogP contribution in [0.5, 0.6) is 0 Å². The molecule has 0 aliphatic rings. The number of unbranched alkanes of at least 4 members (excludes halogenated alkanes) is 17. The van der Waals surface area contributed by atoms with E-state index in [1.807, 2.05) is 5.38 Å². The summed E-state index contributed by atoms with van der Waals surface area (Å²) in [6.07, 6.45) is 24.9. The number of hydrogen-bond donors (Lipinski definition) is 1. The molecule has 0 aliphatic carbocycles. The lowest BCUT2D eigenvalue weighted by Crippen LogP contribution is -2.08. The van der Waals surface area contributed by atoms with E-state index in [4.69, 9.17) is 4.42 Å². The summed E-state index contributed by atoms with van der Waals surface area (Å²) in [6, 6.07) is 2.12. The summed E-state index contributed by atoms with van der Waals surface area (Å²) in [5, 5.41) is 5.59. The summed E-state index contributed by atoms with van der Waals surface area (Å²) in [4.78, 5) is 16.9. The van der Waals surface area contributed by atoms with E-state index in [1.165, 1.54) is 120 Å². The van der Waals surface area contributed by atoms with Crippen molar-refractivity contribution in [3.05, 3.63) is 21.9 Å². The molecule has 31 heavy (non-hydrogen) atoms. The molecule has 1 N–H and O–H groups in total. The highest BCUT2D eigenvalue weighted by atomic mass is 32.1. The first-order valence-corrected chi connectivity index (χ1v) is 13.8. The number of aromatic nitrogens is 1. The molecule has 0 fully saturated rings. The zero-order valence-electron chi connectivity index (χ0n) is 19.8. The van der Waals surface area contributed by atoms with Gasteiger partial charge in [0.15, 0.2) is 0 Å². The lowest BCUT2D eigenvalue weighted by molar-refractivity contribution is 0.512. The van der Waals surface area contributed by atoms with Gasteiger partial charge in [0.1, 0.15) is 4.83 Å². The molecule has 2 rings (SSSR count). The fourth-order valence-electron chi connectivity index (χ4n) is 4.10. The second-order valence-corrected chi connectivity index (χ2v) is 9.78. The van der Waals surface area contributed by atoms with Crippen LogP contribution in [0.2, 0.25) is 0 Å². The van der Waals surface area contributed by atoms with Crippen molar-refractivity contribution in [2.24, 2.45) is 0 Å². The average Bonchev–Trinajstić information content (AvgIpc) is 3.25. The number of thiophene rings is 1. The van der Waals surface area contributed by atoms with Crippen LogP contribution in [0.15, 0.2) is 20.7 Å². The second kappa shape index (κ2) is 17.2. The maximum atomic E-state index is 11.8. The largest absolute Gasteiger partial charge is 0.389 e. The average molecular weight is 449 g/mol. The van der Waals surface area contributed by atoms with Gasteiger partial charge in [-0.3, -0.25) is 0 Å². The first-order chi connectivity index (χ1) is 15.3. The van der Waals surface area contributed by atoms with Gasteiger partial charge in [-0.2, -0.15) is 4.98 Å². The van der Waals surface area contributed by atoms with Crippen molar-refractivity contribution in [1.29, 1.82) is 0 Å². The Kier molecular flexibility index (Phi) is 14.4. The van der Waals surface area contributed by atoms with Crippen LogP contribution in [0.4, 0.5) is 6.01 Å². The second-order valence-electron chi connectivity index (χ2n) is 8.88. The Balaban J connectivity index is 1.31. The fraction of sp³-hybridized carbons (Fsp3) is 0.769. The summed E-state index contributed by atoms with van der Waals surface area (Å²) < 4.78 is 5.21. The third-order valence-electron chi connectivity index (χ3n) is 6.06. The summed E-state index contributed by atoms with van der Waals surface area (Å²) in [6.45, 7) is 3.10. The van der Waals surface area contributed by atoms with Crippen molar-refractivity contribution in [2.75, 3.05) is 11.9 Å². The molecule has 176 valence electrons. The molecular weight excluding hydrogens is 404 g/mol. The van der Waals surface area contributed by atoms with E-state index in [1.54, 1.807) is 6.07 Å². The topological polar surface area (TPSA) is 55.1 Å². The van der Waals surface area contributed by atoms with Crippen LogP contribution in [-0.2, 0) is 0 Å². The molecule has 0 unspecified atom stereocenters. The summed E-state index contributed by atoms with van der Waals surface area (Å²) in [7, 11) is 0. The maximum absolute atomic E-state index is 11.8. The molecule has 2 heterocycles. The number of rotatable bonds is 20. The van der Waals surface area contributed by atoms with E-state index in [9.17, 15) is 4.79 Å². The van der Waals surface area contributed by atoms with Crippen LogP contribution in [0.1, 0.15) is 122 Å². The van der Waals surface area contributed by atoms with Crippen molar-refractivity contribution in [3.8, 4) is 0 Å². The predicted molar refractivity (Wildman–Crippen MR) is 135 cm³/mol. The first-order valence-electron chi connectivity index (χ1n) is 12.9. The van der Waals surface area contributed by atoms with Crippen molar-refractivity contribution in [3.63, 3.8) is 0 Å². The number of anilines is 1. The monoisotopic (exact) mass is 448 g/mol. The molecule has 0 radical (unpaired) electrons. The van der Waals surface area contributed by atoms with E-state index in [0.29, 0.717) is 11.4 Å². The van der Waals surface area contributed by atoms with Crippen LogP contribution < -0.4 is 10.9 Å². The van der Waals surface area contributed by atoms with Crippen LogP contribution in [-0.4, -0.2) is 11.5 Å². The van der Waals surface area contributed by atoms with Gasteiger partial charge in [-0.1, -0.05) is 116 Å². The van der Waals surface area contributed by atoms with E-state index < -0.39 is 0 Å². The number of nitrogens with zero attached hydrogens (tertiary/aromatic N) is 1. The van der Waals surface area contributed by atoms with E-state index in [0.717, 1.165) is 17.8 Å². The molecule has 4 nitrogen and oxygen atoms in total. The predicted octanol–water partition coefficient (Wildman–Crippen LogP) is 8.70. The molecule has 0 saturated heterocycles. The zero-order chi connectivity index (χ0) is 22.0.